The Balaban J connectivity index is 1.90. The maximum atomic E-state index is 13.8. The van der Waals surface area contributed by atoms with Crippen molar-refractivity contribution in [2.45, 2.75) is 6.92 Å². The summed E-state index contributed by atoms with van der Waals surface area (Å²) >= 11 is 0. The molecule has 0 bridgehead atoms. The van der Waals surface area contributed by atoms with Crippen molar-refractivity contribution in [2.24, 2.45) is 0 Å². The number of benzene rings is 4. The van der Waals surface area contributed by atoms with E-state index in [1.807, 2.05) is 0 Å². The summed E-state index contributed by atoms with van der Waals surface area (Å²) in [4.78, 5) is 54.4. The number of rotatable bonds is 16. The minimum atomic E-state index is -1.03. The van der Waals surface area contributed by atoms with Crippen molar-refractivity contribution in [1.29, 1.82) is 0 Å². The molecule has 0 saturated heterocycles. The van der Waals surface area contributed by atoms with E-state index in [4.69, 9.17) is 56.8 Å². The van der Waals surface area contributed by atoms with Gasteiger partial charge in [0.1, 0.15) is 56.8 Å². The van der Waals surface area contributed by atoms with E-state index in [0.717, 1.165) is 19.1 Å². The fourth-order valence-corrected chi connectivity index (χ4v) is 5.17. The van der Waals surface area contributed by atoms with Crippen LogP contribution in [-0.2, 0) is 0 Å². The molecule has 0 spiro atoms. The summed E-state index contributed by atoms with van der Waals surface area (Å²) < 4.78 is 65.3. The maximum Gasteiger partial charge on any atom is 0.347 e. The molecular weight excluding hydrogens is 712 g/mol. The van der Waals surface area contributed by atoms with Crippen LogP contribution in [0, 0.1) is 0 Å². The van der Waals surface area contributed by atoms with Crippen molar-refractivity contribution in [3.63, 3.8) is 0 Å². The van der Waals surface area contributed by atoms with Crippen molar-refractivity contribution in [2.75, 3.05) is 64.0 Å². The van der Waals surface area contributed by atoms with Crippen LogP contribution in [0.5, 0.6) is 69.0 Å². The van der Waals surface area contributed by atoms with Crippen molar-refractivity contribution < 1.29 is 76.0 Å². The summed E-state index contributed by atoms with van der Waals surface area (Å²) in [6.45, 7) is 1.15. The average Bonchev–Trinajstić information content (AvgIpc) is 3.18. The van der Waals surface area contributed by atoms with E-state index in [-0.39, 0.29) is 79.7 Å². The second-order valence-corrected chi connectivity index (χ2v) is 10.7. The molecule has 0 aliphatic rings. The molecule has 0 aromatic heterocycles. The fourth-order valence-electron chi connectivity index (χ4n) is 5.17. The number of carbonyl (C=O) groups excluding carboxylic acids is 4. The molecule has 0 aliphatic carbocycles. The van der Waals surface area contributed by atoms with E-state index in [0.29, 0.717) is 0 Å². The molecule has 4 aromatic carbocycles. The van der Waals surface area contributed by atoms with Crippen LogP contribution < -0.4 is 56.8 Å². The first-order chi connectivity index (χ1) is 25.9. The summed E-state index contributed by atoms with van der Waals surface area (Å²) in [7, 11) is 12.3. The Hall–Kier alpha value is -6.84. The Morgan fingerprint density at radius 3 is 0.852 bits per heavy atom. The molecular formula is C38H38O16. The Morgan fingerprint density at radius 2 is 0.593 bits per heavy atom. The molecule has 0 heterocycles. The third-order valence-corrected chi connectivity index (χ3v) is 7.78. The van der Waals surface area contributed by atoms with Gasteiger partial charge in [-0.1, -0.05) is 0 Å². The van der Waals surface area contributed by atoms with Crippen LogP contribution in [0.15, 0.2) is 48.5 Å². The van der Waals surface area contributed by atoms with Crippen LogP contribution in [-0.4, -0.2) is 87.7 Å². The lowest BCUT2D eigenvalue weighted by Crippen LogP contribution is -2.17. The number of carbonyl (C=O) groups is 4. The number of hydrogen-bond acceptors (Lipinski definition) is 16. The largest absolute Gasteiger partial charge is 0.496 e. The molecule has 0 fully saturated rings. The molecule has 0 saturated carbocycles. The van der Waals surface area contributed by atoms with Gasteiger partial charge in [-0.05, 0) is 6.92 Å². The van der Waals surface area contributed by atoms with E-state index in [1.54, 1.807) is 0 Å². The van der Waals surface area contributed by atoms with Crippen LogP contribution >= 0.6 is 0 Å². The minimum Gasteiger partial charge on any atom is -0.496 e. The topological polar surface area (TPSA) is 179 Å². The van der Waals surface area contributed by atoms with Gasteiger partial charge in [-0.3, -0.25) is 4.79 Å². The third kappa shape index (κ3) is 8.28. The number of ketones is 1. The van der Waals surface area contributed by atoms with Crippen LogP contribution in [0.1, 0.15) is 48.4 Å². The SMILES string of the molecule is COc1cc(OC)c(C(=O)Oc2cc(OC(=O)c3cc(OC)c(OC)cc3OC)c(C(C)=O)c(OC(=O)c3cc(OC)c(OC)cc3OC)c2)cc1OC. The summed E-state index contributed by atoms with van der Waals surface area (Å²) in [5.74, 6) is -3.47. The van der Waals surface area contributed by atoms with Gasteiger partial charge >= 0.3 is 17.9 Å². The Labute approximate surface area is 310 Å². The number of methoxy groups -OCH3 is 9. The highest BCUT2D eigenvalue weighted by Crippen LogP contribution is 2.41. The maximum absolute atomic E-state index is 13.8. The molecule has 4 aromatic rings. The van der Waals surface area contributed by atoms with E-state index >= 15 is 0 Å². The van der Waals surface area contributed by atoms with Crippen molar-refractivity contribution >= 4 is 23.7 Å². The first kappa shape index (κ1) is 39.9. The number of ether oxygens (including phenoxy) is 12. The molecule has 0 aliphatic heterocycles. The molecule has 4 rings (SSSR count). The second-order valence-electron chi connectivity index (χ2n) is 10.7. The molecule has 0 N–H and O–H groups in total. The van der Waals surface area contributed by atoms with Crippen LogP contribution in [0.4, 0.5) is 0 Å². The summed E-state index contributed by atoms with van der Waals surface area (Å²) in [6, 6.07) is 10.4. The zero-order valence-corrected chi connectivity index (χ0v) is 31.2. The lowest BCUT2D eigenvalue weighted by molar-refractivity contribution is 0.0724. The number of esters is 3. The molecule has 0 radical (unpaired) electrons. The van der Waals surface area contributed by atoms with Crippen molar-refractivity contribution in [1.82, 2.24) is 0 Å². The molecule has 16 nitrogen and oxygen atoms in total. The smallest absolute Gasteiger partial charge is 0.347 e. The summed E-state index contributed by atoms with van der Waals surface area (Å²) in [5, 5.41) is 0. The third-order valence-electron chi connectivity index (χ3n) is 7.78. The van der Waals surface area contributed by atoms with Gasteiger partial charge in [-0.2, -0.15) is 0 Å². The zero-order chi connectivity index (χ0) is 39.7. The molecule has 0 unspecified atom stereocenters. The molecule has 286 valence electrons. The van der Waals surface area contributed by atoms with E-state index in [2.05, 4.69) is 0 Å². The highest BCUT2D eigenvalue weighted by atomic mass is 16.6. The van der Waals surface area contributed by atoms with Gasteiger partial charge < -0.3 is 56.8 Å². The lowest BCUT2D eigenvalue weighted by Gasteiger charge is -2.18. The van der Waals surface area contributed by atoms with Gasteiger partial charge in [-0.15, -0.1) is 0 Å². The monoisotopic (exact) mass is 750 g/mol. The van der Waals surface area contributed by atoms with Gasteiger partial charge in [0.15, 0.2) is 40.3 Å². The Kier molecular flexibility index (Phi) is 13.0. The quantitative estimate of drug-likeness (QED) is 0.0781. The molecule has 0 amide bonds. The number of hydrogen-bond donors (Lipinski definition) is 0. The fraction of sp³-hybridized carbons (Fsp3) is 0.263. The van der Waals surface area contributed by atoms with Crippen molar-refractivity contribution in [3.8, 4) is 69.0 Å². The highest BCUT2D eigenvalue weighted by Gasteiger charge is 2.29. The molecule has 16 heteroatoms. The summed E-state index contributed by atoms with van der Waals surface area (Å²) in [6.07, 6.45) is 0. The van der Waals surface area contributed by atoms with Gasteiger partial charge in [0.2, 0.25) is 0 Å². The average molecular weight is 751 g/mol. The minimum absolute atomic E-state index is 0.0392. The zero-order valence-electron chi connectivity index (χ0n) is 31.2. The van der Waals surface area contributed by atoms with Gasteiger partial charge in [0.25, 0.3) is 0 Å². The Bertz CT molecular complexity index is 1970. The van der Waals surface area contributed by atoms with Crippen molar-refractivity contribution in [3.05, 3.63) is 70.8 Å². The highest BCUT2D eigenvalue weighted by molar-refractivity contribution is 6.04. The molecule has 54 heavy (non-hydrogen) atoms. The van der Waals surface area contributed by atoms with Gasteiger partial charge in [0, 0.05) is 48.5 Å². The Morgan fingerprint density at radius 1 is 0.333 bits per heavy atom. The number of Topliss-reactive ketones (excluding diaryl/α,β-unsaturated/α-hetero) is 1. The van der Waals surface area contributed by atoms with Crippen LogP contribution in [0.25, 0.3) is 0 Å². The van der Waals surface area contributed by atoms with E-state index in [1.165, 1.54) is 100 Å². The van der Waals surface area contributed by atoms with E-state index in [9.17, 15) is 19.2 Å². The summed E-state index contributed by atoms with van der Waals surface area (Å²) in [5.41, 5.74) is -0.710. The first-order valence-electron chi connectivity index (χ1n) is 15.7. The van der Waals surface area contributed by atoms with Crippen LogP contribution in [0.3, 0.4) is 0 Å². The predicted octanol–water partition coefficient (Wildman–Crippen LogP) is 5.62. The standard InChI is InChI=1S/C38H38O16/c1-19(39)35-33(53-37(41)22-14-28(47-6)31(50-9)17-25(22)44-3)11-20(52-36(40)21-13-27(46-5)30(49-8)16-24(21)43-2)12-34(35)54-38(42)23-15-29(48-7)32(51-10)18-26(23)45-4/h11-18H,1-10H3. The van der Waals surface area contributed by atoms with Gasteiger partial charge in [-0.25, -0.2) is 14.4 Å². The predicted molar refractivity (Wildman–Crippen MR) is 190 cm³/mol. The molecule has 0 atom stereocenters. The first-order valence-corrected chi connectivity index (χ1v) is 15.7. The normalized spacial score (nSPS) is 10.3. The van der Waals surface area contributed by atoms with Gasteiger partial charge in [0.05, 0.1) is 64.0 Å². The van der Waals surface area contributed by atoms with Crippen LogP contribution in [0.2, 0.25) is 0 Å². The second kappa shape index (κ2) is 17.6. The lowest BCUT2D eigenvalue weighted by atomic mass is 10.1. The van der Waals surface area contributed by atoms with E-state index < -0.39 is 35.2 Å².